The Labute approximate surface area is 282 Å². The Morgan fingerprint density at radius 3 is 2.45 bits per heavy atom. The van der Waals surface area contributed by atoms with Crippen LogP contribution in [0.3, 0.4) is 0 Å². The largest absolute Gasteiger partial charge is 0.488 e. The van der Waals surface area contributed by atoms with E-state index in [0.29, 0.717) is 17.0 Å². The number of ether oxygens (including phenoxy) is 1. The van der Waals surface area contributed by atoms with Crippen molar-refractivity contribution in [1.82, 2.24) is 14.4 Å². The number of anilines is 2. The van der Waals surface area contributed by atoms with E-state index >= 15 is 0 Å². The van der Waals surface area contributed by atoms with Gasteiger partial charge in [-0.2, -0.15) is 13.2 Å². The van der Waals surface area contributed by atoms with Gasteiger partial charge in [0, 0.05) is 60.6 Å². The molecule has 13 heteroatoms. The lowest BCUT2D eigenvalue weighted by atomic mass is 10.0. The molecule has 3 aromatic carbocycles. The van der Waals surface area contributed by atoms with Crippen LogP contribution in [0.2, 0.25) is 0 Å². The lowest BCUT2D eigenvalue weighted by Gasteiger charge is -2.34. The van der Waals surface area contributed by atoms with Crippen LogP contribution >= 0.6 is 0 Å². The summed E-state index contributed by atoms with van der Waals surface area (Å²) in [6, 6.07) is 16.0. The molecule has 0 bridgehead atoms. The summed E-state index contributed by atoms with van der Waals surface area (Å²) in [5, 5.41) is 16.5. The van der Waals surface area contributed by atoms with Crippen molar-refractivity contribution in [3.63, 3.8) is 0 Å². The smallest absolute Gasteiger partial charge is 0.416 e. The number of rotatable bonds is 8. The van der Waals surface area contributed by atoms with E-state index in [4.69, 9.17) is 4.74 Å². The number of aliphatic hydroxyl groups excluding tert-OH is 1. The molecule has 0 saturated heterocycles. The minimum absolute atomic E-state index is 0.0452. The summed E-state index contributed by atoms with van der Waals surface area (Å²) >= 11 is 0. The van der Waals surface area contributed by atoms with Crippen LogP contribution in [0.4, 0.5) is 29.3 Å². The summed E-state index contributed by atoms with van der Waals surface area (Å²) < 4.78 is 47.3. The number of carbonyl (C=O) groups is 3. The second kappa shape index (κ2) is 14.6. The van der Waals surface area contributed by atoms with Gasteiger partial charge in [0.1, 0.15) is 11.9 Å². The average Bonchev–Trinajstić information content (AvgIpc) is 3.39. The molecule has 0 spiro atoms. The maximum atomic E-state index is 13.6. The van der Waals surface area contributed by atoms with Crippen molar-refractivity contribution in [2.75, 3.05) is 37.4 Å². The molecule has 0 unspecified atom stereocenters. The Hall–Kier alpha value is -5.04. The minimum atomic E-state index is -4.49. The summed E-state index contributed by atoms with van der Waals surface area (Å²) in [6.07, 6.45) is -3.08. The maximum absolute atomic E-state index is 13.6. The SMILES string of the molecule is C[C@H](CO)N1C[C@H](C)[C@@H](CN(C)C(=O)Nc2ccc(C(F)(F)F)cc2)Oc2ccc(NC(=O)Cc3cn(C)c4ccccc34)cc2CC1=O. The number of aryl methyl sites for hydroxylation is 1. The van der Waals surface area contributed by atoms with E-state index in [0.717, 1.165) is 28.6 Å². The number of aromatic nitrogens is 1. The van der Waals surface area contributed by atoms with Crippen LogP contribution in [0.15, 0.2) is 72.9 Å². The average molecular weight is 680 g/mol. The molecule has 49 heavy (non-hydrogen) atoms. The zero-order valence-corrected chi connectivity index (χ0v) is 27.8. The number of fused-ring (bicyclic) bond motifs is 2. The van der Waals surface area contributed by atoms with E-state index in [1.807, 2.05) is 49.0 Å². The predicted molar refractivity (Wildman–Crippen MR) is 180 cm³/mol. The molecule has 0 aliphatic carbocycles. The highest BCUT2D eigenvalue weighted by atomic mass is 19.4. The molecule has 1 aromatic heterocycles. The molecule has 3 N–H and O–H groups in total. The van der Waals surface area contributed by atoms with Crippen LogP contribution in [-0.2, 0) is 35.7 Å². The number of para-hydroxylation sites is 1. The Morgan fingerprint density at radius 1 is 1.06 bits per heavy atom. The van der Waals surface area contributed by atoms with Gasteiger partial charge in [-0.15, -0.1) is 0 Å². The highest BCUT2D eigenvalue weighted by Crippen LogP contribution is 2.31. The van der Waals surface area contributed by atoms with E-state index in [2.05, 4.69) is 10.6 Å². The number of nitrogens with zero attached hydrogens (tertiary/aromatic N) is 3. The van der Waals surface area contributed by atoms with E-state index in [9.17, 15) is 32.7 Å². The topological polar surface area (TPSA) is 116 Å². The quantitative estimate of drug-likeness (QED) is 0.221. The van der Waals surface area contributed by atoms with Gasteiger partial charge < -0.3 is 34.8 Å². The monoisotopic (exact) mass is 679 g/mol. The van der Waals surface area contributed by atoms with Crippen LogP contribution in [0.25, 0.3) is 10.9 Å². The molecule has 4 amide bonds. The van der Waals surface area contributed by atoms with Crippen LogP contribution < -0.4 is 15.4 Å². The van der Waals surface area contributed by atoms with Crippen molar-refractivity contribution in [3.05, 3.63) is 89.6 Å². The number of urea groups is 1. The Balaban J connectivity index is 1.34. The van der Waals surface area contributed by atoms with Gasteiger partial charge in [-0.25, -0.2) is 4.79 Å². The summed E-state index contributed by atoms with van der Waals surface area (Å²) in [4.78, 5) is 42.7. The number of alkyl halides is 3. The zero-order chi connectivity index (χ0) is 35.5. The number of amides is 4. The highest BCUT2D eigenvalue weighted by Gasteiger charge is 2.33. The molecular formula is C36H40F3N5O5. The number of benzene rings is 3. The third-order valence-electron chi connectivity index (χ3n) is 8.79. The van der Waals surface area contributed by atoms with E-state index in [1.54, 1.807) is 30.0 Å². The summed E-state index contributed by atoms with van der Waals surface area (Å²) in [7, 11) is 3.47. The highest BCUT2D eigenvalue weighted by molar-refractivity contribution is 5.96. The third kappa shape index (κ3) is 8.34. The molecule has 5 rings (SSSR count). The van der Waals surface area contributed by atoms with Crippen molar-refractivity contribution in [2.24, 2.45) is 13.0 Å². The van der Waals surface area contributed by atoms with Gasteiger partial charge in [0.2, 0.25) is 11.8 Å². The molecule has 0 radical (unpaired) electrons. The predicted octanol–water partition coefficient (Wildman–Crippen LogP) is 5.69. The lowest BCUT2D eigenvalue weighted by Crippen LogP contribution is -2.48. The number of nitrogens with one attached hydrogen (secondary N) is 2. The Morgan fingerprint density at radius 2 is 1.76 bits per heavy atom. The van der Waals surface area contributed by atoms with Gasteiger partial charge in [-0.1, -0.05) is 25.1 Å². The van der Waals surface area contributed by atoms with Gasteiger partial charge in [0.15, 0.2) is 0 Å². The molecule has 0 saturated carbocycles. The van der Waals surface area contributed by atoms with Crippen molar-refractivity contribution < 1.29 is 37.4 Å². The number of carbonyl (C=O) groups excluding carboxylic acids is 3. The molecule has 1 aliphatic rings. The molecule has 2 heterocycles. The third-order valence-corrected chi connectivity index (χ3v) is 8.79. The van der Waals surface area contributed by atoms with Crippen molar-refractivity contribution in [1.29, 1.82) is 0 Å². The zero-order valence-electron chi connectivity index (χ0n) is 27.8. The van der Waals surface area contributed by atoms with Gasteiger partial charge in [-0.3, -0.25) is 9.59 Å². The summed E-state index contributed by atoms with van der Waals surface area (Å²) in [5.74, 6) is -0.349. The lowest BCUT2D eigenvalue weighted by molar-refractivity contribution is -0.137. The van der Waals surface area contributed by atoms with Crippen molar-refractivity contribution in [3.8, 4) is 5.75 Å². The minimum Gasteiger partial charge on any atom is -0.488 e. The van der Waals surface area contributed by atoms with Gasteiger partial charge in [-0.05, 0) is 61.0 Å². The van der Waals surface area contributed by atoms with E-state index < -0.39 is 29.9 Å². The molecule has 1 aliphatic heterocycles. The van der Waals surface area contributed by atoms with Crippen molar-refractivity contribution in [2.45, 2.75) is 45.0 Å². The van der Waals surface area contributed by atoms with Crippen LogP contribution in [0.1, 0.15) is 30.5 Å². The van der Waals surface area contributed by atoms with Gasteiger partial charge in [0.25, 0.3) is 0 Å². The second-order valence-corrected chi connectivity index (χ2v) is 12.6. The van der Waals surface area contributed by atoms with E-state index in [-0.39, 0.29) is 56.0 Å². The van der Waals surface area contributed by atoms with Crippen molar-refractivity contribution >= 4 is 40.1 Å². The molecule has 4 aromatic rings. The molecule has 10 nitrogen and oxygen atoms in total. The number of halogens is 3. The van der Waals surface area contributed by atoms with Crippen LogP contribution in [-0.4, -0.2) is 76.2 Å². The number of aliphatic hydroxyl groups is 1. The normalized spacial score (nSPS) is 17.3. The Bertz CT molecular complexity index is 1820. The summed E-state index contributed by atoms with van der Waals surface area (Å²) in [5.41, 5.74) is 2.29. The summed E-state index contributed by atoms with van der Waals surface area (Å²) in [6.45, 7) is 3.68. The van der Waals surface area contributed by atoms with Gasteiger partial charge in [0.05, 0.1) is 37.6 Å². The first kappa shape index (κ1) is 35.3. The maximum Gasteiger partial charge on any atom is 0.416 e. The fourth-order valence-corrected chi connectivity index (χ4v) is 5.98. The first-order valence-corrected chi connectivity index (χ1v) is 16.0. The van der Waals surface area contributed by atoms with Gasteiger partial charge >= 0.3 is 12.2 Å². The van der Waals surface area contributed by atoms with E-state index in [1.165, 1.54) is 24.1 Å². The van der Waals surface area contributed by atoms with Crippen LogP contribution in [0.5, 0.6) is 5.75 Å². The Kier molecular flexibility index (Phi) is 10.5. The standard InChI is InChI=1S/C36H40F3N5O5/c1-22-18-44(23(2)21-45)34(47)17-24-15-28(40-33(46)16-25-19-42(3)30-8-6-5-7-29(25)30)13-14-31(24)49-32(22)20-43(4)35(48)41-27-11-9-26(10-12-27)36(37,38)39/h5-15,19,22-23,32,45H,16-18,20-21H2,1-4H3,(H,40,46)(H,41,48)/t22-,23+,32+/m0/s1. The number of likely N-dealkylation sites (N-methyl/N-ethyl adjacent to an activating group) is 1. The van der Waals surface area contributed by atoms with Crippen LogP contribution in [0, 0.1) is 5.92 Å². The number of hydrogen-bond acceptors (Lipinski definition) is 5. The molecule has 3 atom stereocenters. The molecular weight excluding hydrogens is 639 g/mol. The fraction of sp³-hybridized carbons (Fsp3) is 0.361. The molecule has 260 valence electrons. The first-order valence-electron chi connectivity index (χ1n) is 16.0. The second-order valence-electron chi connectivity index (χ2n) is 12.6. The fourth-order valence-electron chi connectivity index (χ4n) is 5.98. The number of hydrogen-bond donors (Lipinski definition) is 3. The molecule has 0 fully saturated rings. The first-order chi connectivity index (χ1) is 23.2.